The molecule has 0 saturated heterocycles. The van der Waals surface area contributed by atoms with Crippen LogP contribution in [0.1, 0.15) is 74.5 Å². The van der Waals surface area contributed by atoms with E-state index in [1.165, 1.54) is 25.0 Å². The van der Waals surface area contributed by atoms with Crippen molar-refractivity contribution in [2.24, 2.45) is 0 Å². The molecule has 2 aliphatic rings. The molecule has 0 bridgehead atoms. The van der Waals surface area contributed by atoms with Gasteiger partial charge in [0, 0.05) is 30.7 Å². The Kier molecular flexibility index (Phi) is 16.3. The molecule has 1 amide bonds. The summed E-state index contributed by atoms with van der Waals surface area (Å²) >= 11 is 0. The Labute approximate surface area is 349 Å². The lowest BCUT2D eigenvalue weighted by molar-refractivity contribution is -0.147. The number of esters is 2. The number of nitrogens with zero attached hydrogens (tertiary/aromatic N) is 1. The normalized spacial score (nSPS) is 17.0. The zero-order valence-electron chi connectivity index (χ0n) is 36.4. The highest BCUT2D eigenvalue weighted by molar-refractivity contribution is 6.74. The Bertz CT molecular complexity index is 1840. The highest BCUT2D eigenvalue weighted by atomic mass is 28.4. The maximum absolute atomic E-state index is 14.6. The van der Waals surface area contributed by atoms with E-state index in [0.29, 0.717) is 45.4 Å². The second kappa shape index (κ2) is 20.5. The van der Waals surface area contributed by atoms with Gasteiger partial charge in [0.2, 0.25) is 6.79 Å². The number of aryl methyl sites for hydroxylation is 1. The number of benzene rings is 2. The van der Waals surface area contributed by atoms with Gasteiger partial charge in [0.15, 0.2) is 38.1 Å². The Morgan fingerprint density at radius 1 is 1.00 bits per heavy atom. The van der Waals surface area contributed by atoms with Gasteiger partial charge in [-0.15, -0.1) is 0 Å². The third kappa shape index (κ3) is 10.7. The van der Waals surface area contributed by atoms with Gasteiger partial charge in [0.05, 0.1) is 38.4 Å². The predicted octanol–water partition coefficient (Wildman–Crippen LogP) is 7.03. The Morgan fingerprint density at radius 2 is 1.69 bits per heavy atom. The van der Waals surface area contributed by atoms with Gasteiger partial charge < -0.3 is 47.1 Å². The second-order valence-electron chi connectivity index (χ2n) is 15.8. The molecule has 0 fully saturated rings. The van der Waals surface area contributed by atoms with Gasteiger partial charge >= 0.3 is 18.0 Å². The van der Waals surface area contributed by atoms with Crippen molar-refractivity contribution in [1.82, 2.24) is 10.2 Å². The maximum atomic E-state index is 14.6. The summed E-state index contributed by atoms with van der Waals surface area (Å²) in [5.74, 6) is 0.785. The van der Waals surface area contributed by atoms with Gasteiger partial charge in [-0.05, 0) is 62.5 Å². The van der Waals surface area contributed by atoms with Crippen LogP contribution in [-0.2, 0) is 39.4 Å². The van der Waals surface area contributed by atoms with Crippen LogP contribution in [0.5, 0.6) is 28.7 Å². The van der Waals surface area contributed by atoms with E-state index in [-0.39, 0.29) is 58.1 Å². The van der Waals surface area contributed by atoms with Crippen molar-refractivity contribution in [3.05, 3.63) is 65.3 Å². The lowest BCUT2D eigenvalue weighted by atomic mass is 9.82. The Hall–Kier alpha value is -4.77. The average Bonchev–Trinajstić information content (AvgIpc) is 3.68. The molecule has 0 spiro atoms. The second-order valence-corrected chi connectivity index (χ2v) is 20.6. The monoisotopic (exact) mass is 842 g/mol. The van der Waals surface area contributed by atoms with Crippen molar-refractivity contribution in [1.29, 1.82) is 0 Å². The summed E-state index contributed by atoms with van der Waals surface area (Å²) in [6, 6.07) is -0.233. The van der Waals surface area contributed by atoms with Gasteiger partial charge in [-0.25, -0.2) is 9.59 Å². The summed E-state index contributed by atoms with van der Waals surface area (Å²) in [5.41, 5.74) is 3.17. The molecule has 0 saturated carbocycles. The van der Waals surface area contributed by atoms with Crippen LogP contribution in [0.4, 0.5) is 4.79 Å². The predicted molar refractivity (Wildman–Crippen MR) is 223 cm³/mol. The summed E-state index contributed by atoms with van der Waals surface area (Å²) in [7, 11) is 0.507. The highest BCUT2D eigenvalue weighted by Gasteiger charge is 2.48. The number of methoxy groups -OCH3 is 2. The van der Waals surface area contributed by atoms with Crippen LogP contribution in [0.3, 0.4) is 0 Å². The van der Waals surface area contributed by atoms with Crippen molar-refractivity contribution in [3.63, 3.8) is 0 Å². The van der Waals surface area contributed by atoms with Gasteiger partial charge in [-0.2, -0.15) is 0 Å². The van der Waals surface area contributed by atoms with Crippen LogP contribution in [0.25, 0.3) is 0 Å². The third-order valence-electron chi connectivity index (χ3n) is 10.8. The molecule has 0 aromatic heterocycles. The third-order valence-corrected chi connectivity index (χ3v) is 15.3. The zero-order chi connectivity index (χ0) is 43.7. The van der Waals surface area contributed by atoms with Crippen LogP contribution < -0.4 is 29.0 Å². The number of hydrogen-bond donors (Lipinski definition) is 1. The van der Waals surface area contributed by atoms with E-state index in [1.54, 1.807) is 26.2 Å². The number of rotatable bonds is 20. The van der Waals surface area contributed by atoms with E-state index in [2.05, 4.69) is 52.3 Å². The number of fused-ring (bicyclic) bond motifs is 2. The molecule has 4 unspecified atom stereocenters. The van der Waals surface area contributed by atoms with Gasteiger partial charge in [-0.3, -0.25) is 15.0 Å². The van der Waals surface area contributed by atoms with Crippen LogP contribution in [-0.4, -0.2) is 104 Å². The van der Waals surface area contributed by atoms with Crippen molar-refractivity contribution < 1.29 is 61.4 Å². The minimum atomic E-state index is -2.54. The van der Waals surface area contributed by atoms with Crippen LogP contribution >= 0.6 is 0 Å². The van der Waals surface area contributed by atoms with Crippen molar-refractivity contribution >= 4 is 26.3 Å². The summed E-state index contributed by atoms with van der Waals surface area (Å²) in [5, 5.41) is 3.37. The van der Waals surface area contributed by atoms with E-state index in [1.807, 2.05) is 19.9 Å². The number of nitrogens with one attached hydrogen (secondary N) is 1. The molecule has 0 aliphatic carbocycles. The van der Waals surface area contributed by atoms with Crippen LogP contribution in [0.2, 0.25) is 18.1 Å². The zero-order valence-corrected chi connectivity index (χ0v) is 37.4. The first-order valence-electron chi connectivity index (χ1n) is 19.7. The van der Waals surface area contributed by atoms with E-state index in [9.17, 15) is 14.4 Å². The highest BCUT2D eigenvalue weighted by Crippen LogP contribution is 2.50. The van der Waals surface area contributed by atoms with E-state index in [0.717, 1.165) is 11.1 Å². The minimum absolute atomic E-state index is 0.0163. The SMILES string of the molecule is C=CCOC(=O)N1C(COC(C)=O)Cc2cc(C)c(OC)c(OCC=C)c2C1C(CO[Si](C)(C)C(C)(C)C)NC(C(=O)OCC)c1cc(OCOC)c(C)c2c1OCO2. The molecular weight excluding hydrogens is 781 g/mol. The van der Waals surface area contributed by atoms with E-state index >= 15 is 0 Å². The standard InChI is InChI=1S/C43H62N2O13Si/c1-14-17-52-40-34-29(19-26(4)37(40)50-11)20-30(22-54-28(6)46)45(42(48)53-18-15-2)36(34)32(23-58-59(12,13)43(7,8)9)44-35(41(47)51-16-3)31-21-33(55-24-49-10)27(5)38-39(31)57-25-56-38/h14-15,19,21,30,32,35-36,44H,1-2,16-18,20,22-25H2,3-13H3. The molecule has 15 nitrogen and oxygen atoms in total. The fourth-order valence-electron chi connectivity index (χ4n) is 6.97. The minimum Gasteiger partial charge on any atom is -0.493 e. The molecule has 1 N–H and O–H groups in total. The average molecular weight is 843 g/mol. The van der Waals surface area contributed by atoms with Crippen molar-refractivity contribution in [3.8, 4) is 28.7 Å². The lowest BCUT2D eigenvalue weighted by Crippen LogP contribution is -2.58. The molecule has 0 radical (unpaired) electrons. The summed E-state index contributed by atoms with van der Waals surface area (Å²) in [6.07, 6.45) is 2.61. The first-order chi connectivity index (χ1) is 28.0. The Morgan fingerprint density at radius 3 is 2.31 bits per heavy atom. The van der Waals surface area contributed by atoms with Gasteiger partial charge in [0.1, 0.15) is 31.6 Å². The van der Waals surface area contributed by atoms with Crippen molar-refractivity contribution in [2.45, 2.75) is 97.2 Å². The number of hydrogen-bond acceptors (Lipinski definition) is 14. The molecule has 4 atom stereocenters. The summed E-state index contributed by atoms with van der Waals surface area (Å²) < 4.78 is 59.7. The largest absolute Gasteiger partial charge is 0.493 e. The smallest absolute Gasteiger partial charge is 0.411 e. The molecule has 2 aromatic rings. The number of carbonyl (C=O) groups is 3. The molecule has 4 rings (SSSR count). The number of carbonyl (C=O) groups excluding carboxylic acids is 3. The van der Waals surface area contributed by atoms with Gasteiger partial charge in [0.25, 0.3) is 0 Å². The molecule has 326 valence electrons. The quantitative estimate of drug-likeness (QED) is 0.0476. The summed E-state index contributed by atoms with van der Waals surface area (Å²) in [6.45, 7) is 24.7. The van der Waals surface area contributed by atoms with Crippen LogP contribution in [0.15, 0.2) is 37.4 Å². The topological polar surface area (TPSA) is 159 Å². The number of ether oxygens (including phenoxy) is 9. The molecule has 2 aliphatic heterocycles. The number of amides is 1. The summed E-state index contributed by atoms with van der Waals surface area (Å²) in [4.78, 5) is 42.9. The lowest BCUT2D eigenvalue weighted by Gasteiger charge is -2.47. The van der Waals surface area contributed by atoms with E-state index in [4.69, 9.17) is 47.1 Å². The Balaban J connectivity index is 2.11. The molecule has 2 aromatic carbocycles. The first-order valence-corrected chi connectivity index (χ1v) is 22.6. The maximum Gasteiger partial charge on any atom is 0.411 e. The van der Waals surface area contributed by atoms with E-state index < -0.39 is 50.5 Å². The van der Waals surface area contributed by atoms with Crippen LogP contribution in [0, 0.1) is 13.8 Å². The fourth-order valence-corrected chi connectivity index (χ4v) is 8.00. The van der Waals surface area contributed by atoms with Gasteiger partial charge in [-0.1, -0.05) is 52.1 Å². The molecule has 59 heavy (non-hydrogen) atoms. The molecular formula is C43H62N2O13Si. The molecule has 16 heteroatoms. The van der Waals surface area contributed by atoms with Crippen molar-refractivity contribution in [2.75, 3.05) is 60.8 Å². The first kappa shape index (κ1) is 46.9. The fraction of sp³-hybridized carbons (Fsp3) is 0.558. The molecule has 2 heterocycles.